The van der Waals surface area contributed by atoms with E-state index in [1.807, 2.05) is 0 Å². The summed E-state index contributed by atoms with van der Waals surface area (Å²) in [5.74, 6) is -5.72. The van der Waals surface area contributed by atoms with Gasteiger partial charge in [-0.15, -0.1) is 0 Å². The number of hydrogen-bond acceptors (Lipinski definition) is 7. The Morgan fingerprint density at radius 3 is 2.56 bits per heavy atom. The van der Waals surface area contributed by atoms with Crippen molar-refractivity contribution in [2.45, 2.75) is 69.9 Å². The summed E-state index contributed by atoms with van der Waals surface area (Å²) < 4.78 is 54.5. The number of alkyl halides is 2. The van der Waals surface area contributed by atoms with Gasteiger partial charge in [0.15, 0.2) is 11.5 Å². The molecule has 2 aromatic rings. The average molecular weight is 607 g/mol. The number of rotatable bonds is 6. The molecular weight excluding hydrogens is 569 g/mol. The van der Waals surface area contributed by atoms with Crippen LogP contribution in [0.1, 0.15) is 63.4 Å². The van der Waals surface area contributed by atoms with Gasteiger partial charge < -0.3 is 24.6 Å². The molecule has 11 nitrogen and oxygen atoms in total. The average Bonchev–Trinajstić information content (AvgIpc) is 3.51. The number of piperidine rings is 2. The fourth-order valence-corrected chi connectivity index (χ4v) is 5.88. The number of halogens is 3. The molecule has 2 aromatic heterocycles. The lowest BCUT2D eigenvalue weighted by Gasteiger charge is -2.40. The van der Waals surface area contributed by atoms with Crippen LogP contribution in [0.15, 0.2) is 18.3 Å². The van der Waals surface area contributed by atoms with Crippen LogP contribution >= 0.6 is 0 Å². The number of H-pyrrole nitrogens is 1. The van der Waals surface area contributed by atoms with Crippen LogP contribution in [-0.4, -0.2) is 93.2 Å². The lowest BCUT2D eigenvalue weighted by Crippen LogP contribution is -2.55. The summed E-state index contributed by atoms with van der Waals surface area (Å²) in [5.41, 5.74) is -0.694. The van der Waals surface area contributed by atoms with E-state index in [1.165, 1.54) is 19.2 Å². The smallest absolute Gasteiger partial charge is 0.410 e. The minimum Gasteiger partial charge on any atom is -0.481 e. The first-order valence-electron chi connectivity index (χ1n) is 14.4. The summed E-state index contributed by atoms with van der Waals surface area (Å²) in [6.07, 6.45) is 2.52. The van der Waals surface area contributed by atoms with Crippen molar-refractivity contribution in [3.8, 4) is 17.1 Å². The van der Waals surface area contributed by atoms with Crippen molar-refractivity contribution in [2.24, 2.45) is 11.8 Å². The molecule has 2 aliphatic heterocycles. The number of methoxy groups -OCH3 is 1. The summed E-state index contributed by atoms with van der Waals surface area (Å²) in [7, 11) is 1.41. The molecule has 2 N–H and O–H groups in total. The van der Waals surface area contributed by atoms with Gasteiger partial charge in [-0.2, -0.15) is 5.10 Å². The van der Waals surface area contributed by atoms with Crippen molar-refractivity contribution in [3.05, 3.63) is 29.8 Å². The highest BCUT2D eigenvalue weighted by atomic mass is 19.3. The second-order valence-electron chi connectivity index (χ2n) is 12.6. The van der Waals surface area contributed by atoms with E-state index >= 15 is 0 Å². The van der Waals surface area contributed by atoms with Gasteiger partial charge in [-0.1, -0.05) is 0 Å². The standard InChI is InChI=1S/C29H37F3N6O5/c1-27(2,3)43-26(41)37-9-6-18(29(31,32)16-37)14-34-24(39)17-5-10-38(28(13-17)7-8-28)25(40)22-12-21(35-36-22)19-11-23(42-4)33-15-20(19)30/h11-12,15,17-18H,5-10,13-14,16H2,1-4H3,(H,34,39)(H,35,36)/t17-,18?/m0/s1. The third-order valence-electron chi connectivity index (χ3n) is 8.39. The van der Waals surface area contributed by atoms with Gasteiger partial charge in [0.25, 0.3) is 11.8 Å². The Balaban J connectivity index is 1.16. The minimum atomic E-state index is -3.18. The van der Waals surface area contributed by atoms with Gasteiger partial charge in [-0.05, 0) is 58.9 Å². The molecule has 3 fully saturated rings. The second kappa shape index (κ2) is 11.3. The second-order valence-corrected chi connectivity index (χ2v) is 12.6. The maximum absolute atomic E-state index is 14.9. The normalized spacial score (nSPS) is 22.7. The maximum atomic E-state index is 14.9. The highest BCUT2D eigenvalue weighted by Gasteiger charge is 2.55. The van der Waals surface area contributed by atoms with E-state index in [0.29, 0.717) is 25.1 Å². The molecule has 5 rings (SSSR count). The fourth-order valence-electron chi connectivity index (χ4n) is 5.88. The number of carbonyl (C=O) groups excluding carboxylic acids is 3. The molecular formula is C29H37F3N6O5. The van der Waals surface area contributed by atoms with E-state index in [2.05, 4.69) is 20.5 Å². The molecule has 43 heavy (non-hydrogen) atoms. The number of likely N-dealkylation sites (tertiary alicyclic amines) is 2. The molecule has 0 radical (unpaired) electrons. The number of carbonyl (C=O) groups is 3. The van der Waals surface area contributed by atoms with Gasteiger partial charge in [0.05, 0.1) is 25.5 Å². The van der Waals surface area contributed by atoms with Gasteiger partial charge >= 0.3 is 6.09 Å². The zero-order valence-electron chi connectivity index (χ0n) is 24.7. The number of aromatic amines is 1. The van der Waals surface area contributed by atoms with Gasteiger partial charge in [0, 0.05) is 48.6 Å². The molecule has 3 amide bonds. The van der Waals surface area contributed by atoms with Crippen molar-refractivity contribution in [3.63, 3.8) is 0 Å². The van der Waals surface area contributed by atoms with Crippen LogP contribution in [-0.2, 0) is 9.53 Å². The highest BCUT2D eigenvalue weighted by Crippen LogP contribution is 2.50. The van der Waals surface area contributed by atoms with Gasteiger partial charge in [0.1, 0.15) is 5.60 Å². The van der Waals surface area contributed by atoms with Crippen molar-refractivity contribution in [2.75, 3.05) is 33.3 Å². The summed E-state index contributed by atoms with van der Waals surface area (Å²) in [4.78, 5) is 45.3. The zero-order valence-corrected chi connectivity index (χ0v) is 24.7. The lowest BCUT2D eigenvalue weighted by atomic mass is 9.87. The molecule has 1 spiro atoms. The van der Waals surface area contributed by atoms with E-state index in [1.54, 1.807) is 25.7 Å². The molecule has 3 aliphatic rings. The molecule has 2 saturated heterocycles. The molecule has 4 heterocycles. The Hall–Kier alpha value is -3.84. The van der Waals surface area contributed by atoms with E-state index in [4.69, 9.17) is 9.47 Å². The first kappa shape index (κ1) is 30.6. The van der Waals surface area contributed by atoms with Crippen LogP contribution in [0.2, 0.25) is 0 Å². The maximum Gasteiger partial charge on any atom is 0.410 e. The predicted octanol–water partition coefficient (Wildman–Crippen LogP) is 4.01. The largest absolute Gasteiger partial charge is 0.481 e. The Morgan fingerprint density at radius 1 is 1.16 bits per heavy atom. The quantitative estimate of drug-likeness (QED) is 0.508. The van der Waals surface area contributed by atoms with Gasteiger partial charge in [-0.25, -0.2) is 22.9 Å². The monoisotopic (exact) mass is 606 g/mol. The van der Waals surface area contributed by atoms with Gasteiger partial charge in [0.2, 0.25) is 11.8 Å². The van der Waals surface area contributed by atoms with Crippen LogP contribution in [0.5, 0.6) is 5.88 Å². The third kappa shape index (κ3) is 6.57. The SMILES string of the molecule is COc1cc(-c2cc(C(=O)N3CC[C@H](C(=O)NCC4CCN(C(=O)OC(C)(C)C)CC4(F)F)CC34CC4)n[nH]2)c(F)cn1. The van der Waals surface area contributed by atoms with Gasteiger partial charge in [-0.3, -0.25) is 14.7 Å². The molecule has 0 aromatic carbocycles. The Bertz CT molecular complexity index is 1390. The summed E-state index contributed by atoms with van der Waals surface area (Å²) in [6.45, 7) is 4.48. The zero-order chi connectivity index (χ0) is 31.2. The summed E-state index contributed by atoms with van der Waals surface area (Å²) >= 11 is 0. The van der Waals surface area contributed by atoms with Crippen molar-refractivity contribution in [1.82, 2.24) is 30.3 Å². The number of ether oxygens (including phenoxy) is 2. The Labute approximate surface area is 247 Å². The van der Waals surface area contributed by atoms with Crippen molar-refractivity contribution >= 4 is 17.9 Å². The topological polar surface area (TPSA) is 130 Å². The molecule has 1 unspecified atom stereocenters. The van der Waals surface area contributed by atoms with Crippen LogP contribution in [0.3, 0.4) is 0 Å². The van der Waals surface area contributed by atoms with E-state index in [0.717, 1.165) is 23.9 Å². The van der Waals surface area contributed by atoms with E-state index < -0.39 is 47.4 Å². The first-order valence-corrected chi connectivity index (χ1v) is 14.4. The van der Waals surface area contributed by atoms with Crippen LogP contribution < -0.4 is 10.1 Å². The Kier molecular flexibility index (Phi) is 8.07. The van der Waals surface area contributed by atoms with Crippen molar-refractivity contribution in [1.29, 1.82) is 0 Å². The number of aromatic nitrogens is 3. The van der Waals surface area contributed by atoms with Crippen molar-refractivity contribution < 1.29 is 37.0 Å². The van der Waals surface area contributed by atoms with Crippen LogP contribution in [0, 0.1) is 17.7 Å². The fraction of sp³-hybridized carbons (Fsp3) is 0.621. The molecule has 2 atom stereocenters. The van der Waals surface area contributed by atoms with E-state index in [9.17, 15) is 27.6 Å². The third-order valence-corrected chi connectivity index (χ3v) is 8.39. The number of pyridine rings is 1. The first-order chi connectivity index (χ1) is 20.2. The Morgan fingerprint density at radius 2 is 1.91 bits per heavy atom. The lowest BCUT2D eigenvalue weighted by molar-refractivity contribution is -0.131. The summed E-state index contributed by atoms with van der Waals surface area (Å²) in [6, 6.07) is 2.88. The number of hydrogen-bond donors (Lipinski definition) is 2. The highest BCUT2D eigenvalue weighted by molar-refractivity contribution is 5.94. The van der Waals surface area contributed by atoms with E-state index in [-0.39, 0.29) is 48.5 Å². The molecule has 234 valence electrons. The number of nitrogens with one attached hydrogen (secondary N) is 2. The molecule has 1 aliphatic carbocycles. The minimum absolute atomic E-state index is 0.0330. The molecule has 0 bridgehead atoms. The predicted molar refractivity (Wildman–Crippen MR) is 148 cm³/mol. The molecule has 14 heteroatoms. The number of amides is 3. The molecule has 1 saturated carbocycles. The van der Waals surface area contributed by atoms with Crippen LogP contribution in [0.4, 0.5) is 18.0 Å². The van der Waals surface area contributed by atoms with Crippen LogP contribution in [0.25, 0.3) is 11.3 Å². The summed E-state index contributed by atoms with van der Waals surface area (Å²) in [5, 5.41) is 9.53. The number of nitrogens with zero attached hydrogens (tertiary/aromatic N) is 4.